The molecule has 20 heavy (non-hydrogen) atoms. The lowest BCUT2D eigenvalue weighted by Crippen LogP contribution is -2.36. The molecule has 0 saturated carbocycles. The monoisotopic (exact) mass is 313 g/mol. The largest absolute Gasteiger partial charge is 0.393 e. The molecule has 1 atom stereocenters. The van der Waals surface area contributed by atoms with Crippen molar-refractivity contribution in [2.45, 2.75) is 23.8 Å². The number of hydrogen-bond acceptors (Lipinski definition) is 4. The Kier molecular flexibility index (Phi) is 4.36. The SMILES string of the molecule is NC(=S)Cc1ccc(S(=O)(=O)NC2CNC(=O)C2)cc1. The molecule has 0 spiro atoms. The van der Waals surface area contributed by atoms with E-state index in [1.54, 1.807) is 12.1 Å². The molecule has 1 aromatic rings. The first-order valence-electron chi connectivity index (χ1n) is 6.03. The lowest BCUT2D eigenvalue weighted by atomic mass is 10.1. The van der Waals surface area contributed by atoms with E-state index < -0.39 is 16.1 Å². The van der Waals surface area contributed by atoms with Gasteiger partial charge in [0.25, 0.3) is 0 Å². The fraction of sp³-hybridized carbons (Fsp3) is 0.333. The van der Waals surface area contributed by atoms with Crippen molar-refractivity contribution in [3.63, 3.8) is 0 Å². The summed E-state index contributed by atoms with van der Waals surface area (Å²) in [5.41, 5.74) is 6.29. The Morgan fingerprint density at radius 2 is 2.05 bits per heavy atom. The number of carbonyl (C=O) groups excluding carboxylic acids is 1. The molecule has 4 N–H and O–H groups in total. The second kappa shape index (κ2) is 5.86. The number of hydrogen-bond donors (Lipinski definition) is 3. The van der Waals surface area contributed by atoms with Gasteiger partial charge in [-0.25, -0.2) is 13.1 Å². The number of amides is 1. The van der Waals surface area contributed by atoms with E-state index >= 15 is 0 Å². The first kappa shape index (κ1) is 14.9. The van der Waals surface area contributed by atoms with E-state index in [-0.39, 0.29) is 17.2 Å². The maximum atomic E-state index is 12.1. The number of benzene rings is 1. The molecule has 0 aromatic heterocycles. The van der Waals surface area contributed by atoms with Crippen molar-refractivity contribution in [3.8, 4) is 0 Å². The van der Waals surface area contributed by atoms with Gasteiger partial charge in [-0.05, 0) is 17.7 Å². The smallest absolute Gasteiger partial charge is 0.240 e. The van der Waals surface area contributed by atoms with Gasteiger partial charge in [0, 0.05) is 25.4 Å². The standard InChI is InChI=1S/C12H15N3O3S2/c13-11(19)5-8-1-3-10(4-2-8)20(17,18)15-9-6-12(16)14-7-9/h1-4,9,15H,5-7H2,(H2,13,19)(H,14,16). The van der Waals surface area contributed by atoms with Gasteiger partial charge in [-0.3, -0.25) is 4.79 Å². The van der Waals surface area contributed by atoms with Crippen LogP contribution in [-0.4, -0.2) is 31.9 Å². The van der Waals surface area contributed by atoms with Crippen molar-refractivity contribution >= 4 is 33.1 Å². The minimum Gasteiger partial charge on any atom is -0.393 e. The van der Waals surface area contributed by atoms with E-state index in [4.69, 9.17) is 18.0 Å². The molecule has 2 rings (SSSR count). The zero-order valence-electron chi connectivity index (χ0n) is 10.6. The summed E-state index contributed by atoms with van der Waals surface area (Å²) in [7, 11) is -3.62. The lowest BCUT2D eigenvalue weighted by Gasteiger charge is -2.11. The van der Waals surface area contributed by atoms with E-state index in [0.29, 0.717) is 18.0 Å². The molecule has 1 heterocycles. The molecule has 1 aliphatic rings. The third-order valence-electron chi connectivity index (χ3n) is 2.91. The maximum Gasteiger partial charge on any atom is 0.240 e. The van der Waals surface area contributed by atoms with Gasteiger partial charge < -0.3 is 11.1 Å². The second-order valence-corrected chi connectivity index (χ2v) is 6.85. The van der Waals surface area contributed by atoms with E-state index in [1.807, 2.05) is 0 Å². The Labute approximate surface area is 122 Å². The zero-order chi connectivity index (χ0) is 14.8. The highest BCUT2D eigenvalue weighted by molar-refractivity contribution is 7.89. The molecule has 0 radical (unpaired) electrons. The molecule has 1 saturated heterocycles. The fourth-order valence-corrected chi connectivity index (χ4v) is 3.37. The molecule has 1 unspecified atom stereocenters. The third-order valence-corrected chi connectivity index (χ3v) is 4.59. The first-order chi connectivity index (χ1) is 9.37. The van der Waals surface area contributed by atoms with Crippen molar-refractivity contribution in [3.05, 3.63) is 29.8 Å². The molecular formula is C12H15N3O3S2. The van der Waals surface area contributed by atoms with Gasteiger partial charge in [0.15, 0.2) is 0 Å². The molecule has 8 heteroatoms. The van der Waals surface area contributed by atoms with Crippen molar-refractivity contribution in [2.24, 2.45) is 5.73 Å². The van der Waals surface area contributed by atoms with Crippen molar-refractivity contribution in [2.75, 3.05) is 6.54 Å². The number of carbonyl (C=O) groups is 1. The molecule has 0 aliphatic carbocycles. The predicted molar refractivity (Wildman–Crippen MR) is 78.7 cm³/mol. The Hall–Kier alpha value is -1.51. The summed E-state index contributed by atoms with van der Waals surface area (Å²) in [6.45, 7) is 0.317. The highest BCUT2D eigenvalue weighted by Gasteiger charge is 2.26. The number of sulfonamides is 1. The molecule has 108 valence electrons. The predicted octanol–water partition coefficient (Wildman–Crippen LogP) is -0.318. The van der Waals surface area contributed by atoms with Gasteiger partial charge in [0.2, 0.25) is 15.9 Å². The van der Waals surface area contributed by atoms with E-state index in [1.165, 1.54) is 12.1 Å². The van der Waals surface area contributed by atoms with Crippen LogP contribution in [0.3, 0.4) is 0 Å². The molecule has 1 fully saturated rings. The van der Waals surface area contributed by atoms with Gasteiger partial charge in [-0.15, -0.1) is 0 Å². The highest BCUT2D eigenvalue weighted by atomic mass is 32.2. The van der Waals surface area contributed by atoms with Crippen LogP contribution in [0.5, 0.6) is 0 Å². The molecule has 1 aliphatic heterocycles. The molecule has 1 amide bonds. The highest BCUT2D eigenvalue weighted by Crippen LogP contribution is 2.13. The number of rotatable bonds is 5. The summed E-state index contributed by atoms with van der Waals surface area (Å²) in [6.07, 6.45) is 0.600. The van der Waals surface area contributed by atoms with Gasteiger partial charge in [0.05, 0.1) is 9.88 Å². The molecular weight excluding hydrogens is 298 g/mol. The Balaban J connectivity index is 2.09. The van der Waals surface area contributed by atoms with Crippen LogP contribution in [0.4, 0.5) is 0 Å². The summed E-state index contributed by atoms with van der Waals surface area (Å²) in [6, 6.07) is 5.95. The average molecular weight is 313 g/mol. The number of nitrogens with one attached hydrogen (secondary N) is 2. The lowest BCUT2D eigenvalue weighted by molar-refractivity contribution is -0.119. The van der Waals surface area contributed by atoms with Gasteiger partial charge in [0.1, 0.15) is 0 Å². The van der Waals surface area contributed by atoms with Crippen molar-refractivity contribution in [1.82, 2.24) is 10.0 Å². The molecule has 0 bridgehead atoms. The van der Waals surface area contributed by atoms with E-state index in [0.717, 1.165) is 5.56 Å². The van der Waals surface area contributed by atoms with Crippen molar-refractivity contribution in [1.29, 1.82) is 0 Å². The summed E-state index contributed by atoms with van der Waals surface area (Å²) in [5, 5.41) is 2.58. The van der Waals surface area contributed by atoms with Crippen LogP contribution in [-0.2, 0) is 21.2 Å². The molecule has 1 aromatic carbocycles. The van der Waals surface area contributed by atoms with Crippen LogP contribution in [0.15, 0.2) is 29.2 Å². The molecule has 6 nitrogen and oxygen atoms in total. The van der Waals surface area contributed by atoms with Crippen molar-refractivity contribution < 1.29 is 13.2 Å². The first-order valence-corrected chi connectivity index (χ1v) is 7.92. The summed E-state index contributed by atoms with van der Waals surface area (Å²) in [5.74, 6) is -0.149. The number of thiocarbonyl (C=S) groups is 1. The van der Waals surface area contributed by atoms with E-state index in [2.05, 4.69) is 10.0 Å². The summed E-state index contributed by atoms with van der Waals surface area (Å²) < 4.78 is 26.8. The third kappa shape index (κ3) is 3.75. The fourth-order valence-electron chi connectivity index (χ4n) is 1.96. The topological polar surface area (TPSA) is 101 Å². The Bertz CT molecular complexity index is 626. The minimum atomic E-state index is -3.62. The Morgan fingerprint density at radius 3 is 2.55 bits per heavy atom. The van der Waals surface area contributed by atoms with Gasteiger partial charge in [-0.1, -0.05) is 24.4 Å². The average Bonchev–Trinajstić information content (AvgIpc) is 2.74. The number of nitrogens with two attached hydrogens (primary N) is 1. The quantitative estimate of drug-likeness (QED) is 0.647. The second-order valence-electron chi connectivity index (χ2n) is 4.61. The normalized spacial score (nSPS) is 18.8. The van der Waals surface area contributed by atoms with Crippen LogP contribution in [0.25, 0.3) is 0 Å². The van der Waals surface area contributed by atoms with Gasteiger partial charge in [-0.2, -0.15) is 0 Å². The summed E-state index contributed by atoms with van der Waals surface area (Å²) in [4.78, 5) is 11.6. The van der Waals surface area contributed by atoms with E-state index in [9.17, 15) is 13.2 Å². The van der Waals surface area contributed by atoms with Crippen LogP contribution >= 0.6 is 12.2 Å². The zero-order valence-corrected chi connectivity index (χ0v) is 12.3. The van der Waals surface area contributed by atoms with Crippen LogP contribution < -0.4 is 15.8 Å². The van der Waals surface area contributed by atoms with Gasteiger partial charge >= 0.3 is 0 Å². The maximum absolute atomic E-state index is 12.1. The van der Waals surface area contributed by atoms with Crippen LogP contribution in [0.2, 0.25) is 0 Å². The minimum absolute atomic E-state index is 0.149. The summed E-state index contributed by atoms with van der Waals surface area (Å²) >= 11 is 4.80. The Morgan fingerprint density at radius 1 is 1.40 bits per heavy atom. The van der Waals surface area contributed by atoms with Crippen LogP contribution in [0.1, 0.15) is 12.0 Å². The van der Waals surface area contributed by atoms with Crippen LogP contribution in [0, 0.1) is 0 Å².